The van der Waals surface area contributed by atoms with E-state index in [1.54, 1.807) is 6.20 Å². The van der Waals surface area contributed by atoms with Crippen LogP contribution in [0.15, 0.2) is 60.0 Å². The molecular weight excluding hydrogens is 302 g/mol. The van der Waals surface area contributed by atoms with Gasteiger partial charge in [0.15, 0.2) is 5.82 Å². The van der Waals surface area contributed by atoms with Crippen molar-refractivity contribution in [2.24, 2.45) is 4.99 Å². The van der Waals surface area contributed by atoms with E-state index in [1.807, 2.05) is 24.7 Å². The summed E-state index contributed by atoms with van der Waals surface area (Å²) in [5.74, 6) is 3.58. The number of nitrogens with zero attached hydrogens (tertiary/aromatic N) is 4. The van der Waals surface area contributed by atoms with E-state index in [1.165, 1.54) is 18.5 Å². The van der Waals surface area contributed by atoms with Gasteiger partial charge in [0.25, 0.3) is 0 Å². The van der Waals surface area contributed by atoms with Gasteiger partial charge in [0.05, 0.1) is 24.3 Å². The van der Waals surface area contributed by atoms with E-state index in [2.05, 4.69) is 48.7 Å². The predicted octanol–water partition coefficient (Wildman–Crippen LogP) is 1.18. The second-order valence-corrected chi connectivity index (χ2v) is 6.29. The van der Waals surface area contributed by atoms with Gasteiger partial charge in [-0.05, 0) is 25.0 Å². The summed E-state index contributed by atoms with van der Waals surface area (Å²) in [4.78, 5) is 12.0. The summed E-state index contributed by atoms with van der Waals surface area (Å²) < 4.78 is 0. The van der Waals surface area contributed by atoms with E-state index in [4.69, 9.17) is 0 Å². The van der Waals surface area contributed by atoms with E-state index in [-0.39, 0.29) is 0 Å². The van der Waals surface area contributed by atoms with E-state index in [0.29, 0.717) is 5.92 Å². The Labute approximate surface area is 139 Å². The number of hydrogen-bond donors (Lipinski definition) is 3. The molecule has 1 aliphatic carbocycles. The van der Waals surface area contributed by atoms with E-state index < -0.39 is 0 Å². The Hall–Kier alpha value is -2.93. The zero-order valence-electron chi connectivity index (χ0n) is 13.1. The normalized spacial score (nSPS) is 22.2. The zero-order valence-corrected chi connectivity index (χ0v) is 13.1. The zero-order chi connectivity index (χ0) is 15.9. The van der Waals surface area contributed by atoms with Gasteiger partial charge in [-0.25, -0.2) is 9.89 Å². The van der Waals surface area contributed by atoms with Crippen LogP contribution in [-0.4, -0.2) is 27.6 Å². The number of fused-ring (bicyclic) bond motifs is 1. The topological polar surface area (TPSA) is 73.6 Å². The number of rotatable bonds is 4. The highest BCUT2D eigenvalue weighted by molar-refractivity contribution is 5.84. The van der Waals surface area contributed by atoms with Crippen molar-refractivity contribution in [3.63, 3.8) is 0 Å². The molecule has 1 atom stereocenters. The molecule has 5 rings (SSSR count). The molecule has 2 aliphatic heterocycles. The highest BCUT2D eigenvalue weighted by atomic mass is 15.4. The first-order valence-corrected chi connectivity index (χ1v) is 8.18. The van der Waals surface area contributed by atoms with Crippen molar-refractivity contribution < 1.29 is 4.90 Å². The Morgan fingerprint density at radius 3 is 3.12 bits per heavy atom. The van der Waals surface area contributed by atoms with Crippen molar-refractivity contribution >= 4 is 17.3 Å². The van der Waals surface area contributed by atoms with Gasteiger partial charge in [-0.15, -0.1) is 0 Å². The van der Waals surface area contributed by atoms with Gasteiger partial charge < -0.3 is 4.90 Å². The van der Waals surface area contributed by atoms with Crippen molar-refractivity contribution in [2.45, 2.75) is 18.8 Å². The predicted molar refractivity (Wildman–Crippen MR) is 91.4 cm³/mol. The van der Waals surface area contributed by atoms with Crippen LogP contribution in [0, 0.1) is 0 Å². The quantitative estimate of drug-likeness (QED) is 0.791. The molecule has 7 nitrogen and oxygen atoms in total. The van der Waals surface area contributed by atoms with Crippen molar-refractivity contribution in [1.82, 2.24) is 15.2 Å². The Morgan fingerprint density at radius 2 is 2.29 bits per heavy atom. The van der Waals surface area contributed by atoms with Crippen molar-refractivity contribution in [1.29, 1.82) is 0 Å². The van der Waals surface area contributed by atoms with Crippen LogP contribution in [0.25, 0.3) is 0 Å². The number of H-pyrrole nitrogens is 1. The average Bonchev–Trinajstić information content (AvgIpc) is 3.17. The molecule has 0 aromatic carbocycles. The maximum absolute atomic E-state index is 4.50. The van der Waals surface area contributed by atoms with Crippen LogP contribution in [0.5, 0.6) is 0 Å². The maximum Gasteiger partial charge on any atom is 0.232 e. The number of aromatic nitrogens is 3. The summed E-state index contributed by atoms with van der Waals surface area (Å²) in [7, 11) is 0. The fourth-order valence-corrected chi connectivity index (χ4v) is 3.10. The third-order valence-corrected chi connectivity index (χ3v) is 4.53. The van der Waals surface area contributed by atoms with Crippen LogP contribution in [0.1, 0.15) is 24.5 Å². The molecule has 0 amide bonds. The van der Waals surface area contributed by atoms with Gasteiger partial charge in [-0.2, -0.15) is 5.10 Å². The van der Waals surface area contributed by atoms with Crippen LogP contribution in [0.2, 0.25) is 0 Å². The van der Waals surface area contributed by atoms with Gasteiger partial charge in [0, 0.05) is 23.9 Å². The molecule has 2 aromatic rings. The Bertz CT molecular complexity index is 845. The van der Waals surface area contributed by atoms with Crippen LogP contribution < -0.4 is 15.1 Å². The molecule has 0 bridgehead atoms. The molecule has 120 valence electrons. The lowest BCUT2D eigenvalue weighted by atomic mass is 10.3. The number of pyridine rings is 1. The summed E-state index contributed by atoms with van der Waals surface area (Å²) in [6.45, 7) is 0.743. The molecule has 1 unspecified atom stereocenters. The second-order valence-electron chi connectivity index (χ2n) is 6.29. The van der Waals surface area contributed by atoms with Crippen LogP contribution in [0.4, 0.5) is 11.5 Å². The average molecular weight is 320 g/mol. The molecule has 0 saturated heterocycles. The molecule has 2 aromatic heterocycles. The molecule has 7 heteroatoms. The van der Waals surface area contributed by atoms with Gasteiger partial charge in [0.2, 0.25) is 11.7 Å². The van der Waals surface area contributed by atoms with Crippen molar-refractivity contribution in [3.05, 3.63) is 60.7 Å². The Morgan fingerprint density at radius 1 is 1.33 bits per heavy atom. The van der Waals surface area contributed by atoms with Crippen LogP contribution in [0.3, 0.4) is 0 Å². The third kappa shape index (κ3) is 2.39. The Kier molecular flexibility index (Phi) is 2.99. The van der Waals surface area contributed by atoms with E-state index in [9.17, 15) is 0 Å². The first kappa shape index (κ1) is 13.5. The van der Waals surface area contributed by atoms with Crippen molar-refractivity contribution in [2.75, 3.05) is 16.8 Å². The summed E-state index contributed by atoms with van der Waals surface area (Å²) in [6, 6.07) is 6.10. The van der Waals surface area contributed by atoms with E-state index in [0.717, 1.165) is 34.6 Å². The molecular formula is C17H18N7+. The van der Waals surface area contributed by atoms with Gasteiger partial charge in [-0.3, -0.25) is 15.4 Å². The maximum atomic E-state index is 4.50. The van der Waals surface area contributed by atoms with Crippen LogP contribution >= 0.6 is 0 Å². The number of amidine groups is 1. The molecule has 0 radical (unpaired) electrons. The fraction of sp³-hybridized carbons (Fsp3) is 0.235. The van der Waals surface area contributed by atoms with Gasteiger partial charge in [0.1, 0.15) is 12.7 Å². The van der Waals surface area contributed by atoms with Gasteiger partial charge in [-0.1, -0.05) is 0 Å². The third-order valence-electron chi connectivity index (χ3n) is 4.53. The first-order valence-electron chi connectivity index (χ1n) is 8.18. The van der Waals surface area contributed by atoms with Crippen LogP contribution in [-0.2, 0) is 0 Å². The lowest BCUT2D eigenvalue weighted by Crippen LogP contribution is -3.10. The number of aliphatic imine (C=N–C) groups is 1. The van der Waals surface area contributed by atoms with Crippen molar-refractivity contribution in [3.8, 4) is 0 Å². The summed E-state index contributed by atoms with van der Waals surface area (Å²) in [6.07, 6.45) is 12.2. The molecule has 4 heterocycles. The number of anilines is 2. The number of quaternary nitrogens is 1. The second kappa shape index (κ2) is 5.31. The molecule has 24 heavy (non-hydrogen) atoms. The summed E-state index contributed by atoms with van der Waals surface area (Å²) in [5.41, 5.74) is 2.27. The lowest BCUT2D eigenvalue weighted by molar-refractivity contribution is -0.698. The minimum Gasteiger partial charge on any atom is -0.328 e. The highest BCUT2D eigenvalue weighted by Crippen LogP contribution is 2.39. The minimum absolute atomic E-state index is 0.663. The molecule has 1 fully saturated rings. The minimum atomic E-state index is 0.663. The largest absolute Gasteiger partial charge is 0.328 e. The molecule has 3 N–H and O–H groups in total. The standard InChI is InChI=1S/C17H17N7/c1-2-13(9-18-5-1)23-10-16-19-6-7-24(16)17(11-23)20-15-8-14(21-22-15)12-3-4-12/h1-2,5-9,11-12H,3-4,10H2,(H2,20,21,22)/p+1. The smallest absolute Gasteiger partial charge is 0.232 e. The highest BCUT2D eigenvalue weighted by Gasteiger charge is 2.32. The monoisotopic (exact) mass is 320 g/mol. The SMILES string of the molecule is C1=C[NH+]2C(Nc3cc(C4CC4)[nH]n3)=CN(c3cccnc3)CC2=N1. The number of nitrogens with one attached hydrogen (secondary N) is 3. The van der Waals surface area contributed by atoms with Gasteiger partial charge >= 0.3 is 0 Å². The molecule has 0 spiro atoms. The fourth-order valence-electron chi connectivity index (χ4n) is 3.10. The number of hydrogen-bond acceptors (Lipinski definition) is 5. The Balaban J connectivity index is 1.45. The first-order chi connectivity index (χ1) is 11.9. The summed E-state index contributed by atoms with van der Waals surface area (Å²) in [5, 5.41) is 11.0. The molecule has 3 aliphatic rings. The lowest BCUT2D eigenvalue weighted by Gasteiger charge is -2.28. The number of aromatic amines is 1. The van der Waals surface area contributed by atoms with E-state index >= 15 is 0 Å². The molecule has 1 saturated carbocycles. The summed E-state index contributed by atoms with van der Waals surface area (Å²) >= 11 is 0.